The second-order valence-electron chi connectivity index (χ2n) is 2.06. The van der Waals surface area contributed by atoms with Gasteiger partial charge in [0.2, 0.25) is 0 Å². The van der Waals surface area contributed by atoms with Crippen LogP contribution >= 0.6 is 0 Å². The number of unbranched alkanes of at least 4 members (excludes halogenated alkanes) is 1. The Kier molecular flexibility index (Phi) is 8.57. The van der Waals surface area contributed by atoms with Gasteiger partial charge in [0.1, 0.15) is 0 Å². The summed E-state index contributed by atoms with van der Waals surface area (Å²) in [6.07, 6.45) is 2.92. The third kappa shape index (κ3) is 7.26. The van der Waals surface area contributed by atoms with Crippen molar-refractivity contribution in [1.29, 1.82) is 0 Å². The molecule has 0 aliphatic carbocycles. The van der Waals surface area contributed by atoms with Gasteiger partial charge >= 0.3 is 65.6 Å². The predicted molar refractivity (Wildman–Crippen MR) is 35.9 cm³/mol. The third-order valence-electron chi connectivity index (χ3n) is 1.21. The summed E-state index contributed by atoms with van der Waals surface area (Å²) in [6.45, 7) is 4.60. The maximum atomic E-state index is 2.33. The van der Waals surface area contributed by atoms with Crippen LogP contribution in [-0.4, -0.2) is 33.8 Å². The molecule has 0 bridgehead atoms. The molecule has 0 aromatic heterocycles. The number of hydrogen-bond acceptors (Lipinski definition) is 0. The van der Waals surface area contributed by atoms with Crippen LogP contribution in [0.4, 0.5) is 0 Å². The molecular formula is C6H14Ca. The molecule has 40 valence electrons. The van der Waals surface area contributed by atoms with Crippen molar-refractivity contribution in [2.24, 2.45) is 0 Å². The Morgan fingerprint density at radius 1 is 1.29 bits per heavy atom. The van der Waals surface area contributed by atoms with Gasteiger partial charge in [-0.1, -0.05) is 0 Å². The molecule has 0 N–H and O–H groups in total. The molecule has 0 nitrogen and oxygen atoms in total. The van der Waals surface area contributed by atoms with Crippen molar-refractivity contribution in [3.8, 4) is 0 Å². The summed E-state index contributed by atoms with van der Waals surface area (Å²) in [4.78, 5) is 0. The molecule has 0 saturated heterocycles. The standard InChI is InChI=1S/C4H9.C2H5.Ca/c1-3-4-2;1-2;/h1,3-4H2,2H3;1H2,2H3;. The Labute approximate surface area is 65.0 Å². The molecule has 0 saturated carbocycles. The Balaban J connectivity index is 2.45. The van der Waals surface area contributed by atoms with Crippen molar-refractivity contribution < 1.29 is 0 Å². The quantitative estimate of drug-likeness (QED) is 0.400. The van der Waals surface area contributed by atoms with E-state index < -0.39 is 0 Å². The molecule has 0 heterocycles. The van der Waals surface area contributed by atoms with Crippen molar-refractivity contribution in [2.75, 3.05) is 0 Å². The molecule has 0 aliphatic heterocycles. The van der Waals surface area contributed by atoms with Gasteiger partial charge in [0.25, 0.3) is 0 Å². The van der Waals surface area contributed by atoms with Crippen LogP contribution in [0.15, 0.2) is 0 Å². The summed E-state index contributed by atoms with van der Waals surface area (Å²) in [5.41, 5.74) is 0. The van der Waals surface area contributed by atoms with Gasteiger partial charge in [-0.15, -0.1) is 0 Å². The van der Waals surface area contributed by atoms with Crippen molar-refractivity contribution in [2.45, 2.75) is 31.7 Å². The van der Waals surface area contributed by atoms with Crippen LogP contribution in [0.5, 0.6) is 0 Å². The molecule has 7 heavy (non-hydrogen) atoms. The van der Waals surface area contributed by atoms with E-state index in [9.17, 15) is 0 Å². The summed E-state index contributed by atoms with van der Waals surface area (Å²) in [5.74, 6) is 0. The van der Waals surface area contributed by atoms with Crippen molar-refractivity contribution in [3.63, 3.8) is 0 Å². The van der Waals surface area contributed by atoms with Gasteiger partial charge in [-0.05, 0) is 0 Å². The molecule has 0 atom stereocenters. The average molecular weight is 126 g/mol. The monoisotopic (exact) mass is 126 g/mol. The van der Waals surface area contributed by atoms with E-state index in [0.29, 0.717) is 0 Å². The van der Waals surface area contributed by atoms with Crippen LogP contribution < -0.4 is 0 Å². The summed E-state index contributed by atoms with van der Waals surface area (Å²) in [5, 5.41) is 0. The average Bonchev–Trinajstić information content (AvgIpc) is 1.69. The zero-order chi connectivity index (χ0) is 5.54. The van der Waals surface area contributed by atoms with E-state index in [2.05, 4.69) is 13.8 Å². The SMILES string of the molecule is CCC[CH2][Ca][CH2]C. The van der Waals surface area contributed by atoms with E-state index >= 15 is 0 Å². The fourth-order valence-electron chi connectivity index (χ4n) is 0.677. The molecule has 0 fully saturated rings. The second kappa shape index (κ2) is 7.26. The van der Waals surface area contributed by atoms with Crippen LogP contribution in [-0.2, 0) is 0 Å². The van der Waals surface area contributed by atoms with Crippen LogP contribution in [0.3, 0.4) is 0 Å². The molecule has 0 radical (unpaired) electrons. The van der Waals surface area contributed by atoms with Gasteiger partial charge in [0.05, 0.1) is 0 Å². The Morgan fingerprint density at radius 2 is 2.00 bits per heavy atom. The van der Waals surface area contributed by atoms with E-state index in [1.165, 1.54) is 12.8 Å². The van der Waals surface area contributed by atoms with Gasteiger partial charge in [-0.25, -0.2) is 0 Å². The Bertz CT molecular complexity index is 23.4. The minimum atomic E-state index is 0.0559. The molecule has 0 spiro atoms. The van der Waals surface area contributed by atoms with Crippen molar-refractivity contribution in [3.05, 3.63) is 0 Å². The zero-order valence-corrected chi connectivity index (χ0v) is 7.74. The molecule has 0 aliphatic rings. The van der Waals surface area contributed by atoms with Crippen LogP contribution in [0.25, 0.3) is 0 Å². The first-order valence-electron chi connectivity index (χ1n) is 3.41. The number of hydrogen-bond donors (Lipinski definition) is 0. The van der Waals surface area contributed by atoms with Gasteiger partial charge in [-0.3, -0.25) is 0 Å². The zero-order valence-electron chi connectivity index (χ0n) is 5.54. The van der Waals surface area contributed by atoms with Gasteiger partial charge in [0.15, 0.2) is 0 Å². The predicted octanol–water partition coefficient (Wildman–Crippen LogP) is 2.35. The van der Waals surface area contributed by atoms with E-state index in [1.807, 2.05) is 0 Å². The molecule has 0 amide bonds. The summed E-state index contributed by atoms with van der Waals surface area (Å²) in [6, 6.07) is 0. The van der Waals surface area contributed by atoms with Gasteiger partial charge in [0, 0.05) is 0 Å². The van der Waals surface area contributed by atoms with Gasteiger partial charge in [-0.2, -0.15) is 0 Å². The van der Waals surface area contributed by atoms with Gasteiger partial charge < -0.3 is 0 Å². The second-order valence-corrected chi connectivity index (χ2v) is 5.83. The molecule has 0 aromatic rings. The molecule has 0 unspecified atom stereocenters. The van der Waals surface area contributed by atoms with Crippen molar-refractivity contribution in [1.82, 2.24) is 0 Å². The van der Waals surface area contributed by atoms with E-state index in [-0.39, 0.29) is 33.8 Å². The fraction of sp³-hybridized carbons (Fsp3) is 1.00. The molecule has 1 heteroatoms. The number of rotatable bonds is 4. The van der Waals surface area contributed by atoms with E-state index in [0.717, 1.165) is 0 Å². The first-order valence-corrected chi connectivity index (χ1v) is 6.54. The Hall–Kier alpha value is 1.26. The first-order chi connectivity index (χ1) is 3.41. The normalized spacial score (nSPS) is 8.29. The first kappa shape index (κ1) is 8.26. The van der Waals surface area contributed by atoms with Crippen LogP contribution in [0.2, 0.25) is 5.04 Å². The Morgan fingerprint density at radius 3 is 2.43 bits per heavy atom. The summed E-state index contributed by atoms with van der Waals surface area (Å²) in [7, 11) is 0. The molecule has 0 aromatic carbocycles. The van der Waals surface area contributed by atoms with Crippen molar-refractivity contribution >= 4 is 33.8 Å². The van der Waals surface area contributed by atoms with E-state index in [1.54, 1.807) is 5.04 Å². The van der Waals surface area contributed by atoms with Crippen LogP contribution in [0, 0.1) is 0 Å². The molecule has 0 rings (SSSR count). The third-order valence-corrected chi connectivity index (χ3v) is 3.87. The molecular weight excluding hydrogens is 112 g/mol. The van der Waals surface area contributed by atoms with Crippen LogP contribution in [0.1, 0.15) is 26.7 Å². The minimum absolute atomic E-state index is 0.0559. The summed E-state index contributed by atoms with van der Waals surface area (Å²) < 4.78 is 3.17. The fourth-order valence-corrected chi connectivity index (χ4v) is 2.79. The topological polar surface area (TPSA) is 0 Å². The summed E-state index contributed by atoms with van der Waals surface area (Å²) >= 11 is 0.0559. The maximum absolute atomic E-state index is 2.33. The van der Waals surface area contributed by atoms with E-state index in [4.69, 9.17) is 0 Å².